The van der Waals surface area contributed by atoms with Crippen LogP contribution in [0.4, 0.5) is 0 Å². The molecule has 2 aromatic heterocycles. The number of aromatic nitrogens is 2. The number of aryl methyl sites for hydroxylation is 1. The minimum Gasteiger partial charge on any atom is -0.330 e. The molecule has 6 heteroatoms. The SMILES string of the molecule is CCC[NH+]1CCc2c(sc3[nH]c(=S)n(CCc4ccccc4)c(=O)c23)C1. The Labute approximate surface area is 162 Å². The van der Waals surface area contributed by atoms with Gasteiger partial charge in [-0.05, 0) is 36.2 Å². The van der Waals surface area contributed by atoms with Gasteiger partial charge in [0.2, 0.25) is 0 Å². The number of nitrogens with one attached hydrogen (secondary N) is 2. The van der Waals surface area contributed by atoms with Crippen LogP contribution in [-0.2, 0) is 25.9 Å². The first-order chi connectivity index (χ1) is 12.7. The van der Waals surface area contributed by atoms with Crippen molar-refractivity contribution in [2.24, 2.45) is 0 Å². The lowest BCUT2D eigenvalue weighted by Gasteiger charge is -2.23. The number of H-pyrrole nitrogens is 1. The van der Waals surface area contributed by atoms with E-state index in [1.54, 1.807) is 20.8 Å². The van der Waals surface area contributed by atoms with Crippen LogP contribution in [0, 0.1) is 4.77 Å². The summed E-state index contributed by atoms with van der Waals surface area (Å²) < 4.78 is 2.28. The Kier molecular flexibility index (Phi) is 5.07. The zero-order valence-electron chi connectivity index (χ0n) is 15.0. The Morgan fingerprint density at radius 1 is 1.31 bits per heavy atom. The monoisotopic (exact) mass is 386 g/mol. The van der Waals surface area contributed by atoms with Crippen molar-refractivity contribution in [2.75, 3.05) is 13.1 Å². The minimum absolute atomic E-state index is 0.0797. The van der Waals surface area contributed by atoms with Crippen molar-refractivity contribution in [2.45, 2.75) is 39.3 Å². The number of fused-ring (bicyclic) bond motifs is 3. The molecule has 1 aliphatic heterocycles. The molecule has 3 aromatic rings. The van der Waals surface area contributed by atoms with E-state index in [0.29, 0.717) is 11.3 Å². The van der Waals surface area contributed by atoms with Crippen LogP contribution in [0.15, 0.2) is 35.1 Å². The van der Waals surface area contributed by atoms with E-state index in [2.05, 4.69) is 24.0 Å². The van der Waals surface area contributed by atoms with Gasteiger partial charge in [0, 0.05) is 13.0 Å². The van der Waals surface area contributed by atoms with E-state index in [9.17, 15) is 4.79 Å². The van der Waals surface area contributed by atoms with Crippen molar-refractivity contribution in [3.63, 3.8) is 0 Å². The third kappa shape index (κ3) is 3.29. The second kappa shape index (κ2) is 7.47. The molecular formula is C20H24N3OS2+. The normalized spacial score (nSPS) is 16.7. The summed E-state index contributed by atoms with van der Waals surface area (Å²) in [5.74, 6) is 0. The van der Waals surface area contributed by atoms with Crippen molar-refractivity contribution >= 4 is 33.8 Å². The quantitative estimate of drug-likeness (QED) is 0.662. The van der Waals surface area contributed by atoms with Gasteiger partial charge in [-0.15, -0.1) is 11.3 Å². The van der Waals surface area contributed by atoms with Crippen LogP contribution in [0.5, 0.6) is 0 Å². The Morgan fingerprint density at radius 3 is 2.88 bits per heavy atom. The number of thiophene rings is 1. The fourth-order valence-corrected chi connectivity index (χ4v) is 5.55. The van der Waals surface area contributed by atoms with Gasteiger partial charge in [-0.1, -0.05) is 37.3 Å². The van der Waals surface area contributed by atoms with Crippen LogP contribution in [0.3, 0.4) is 0 Å². The second-order valence-electron chi connectivity index (χ2n) is 7.01. The molecule has 0 aliphatic carbocycles. The molecule has 2 N–H and O–H groups in total. The molecule has 136 valence electrons. The molecule has 0 bridgehead atoms. The van der Waals surface area contributed by atoms with Gasteiger partial charge in [-0.3, -0.25) is 9.36 Å². The van der Waals surface area contributed by atoms with Crippen LogP contribution < -0.4 is 10.5 Å². The molecule has 0 saturated carbocycles. The van der Waals surface area contributed by atoms with E-state index in [1.165, 1.54) is 29.0 Å². The van der Waals surface area contributed by atoms with Crippen LogP contribution in [0.25, 0.3) is 10.2 Å². The van der Waals surface area contributed by atoms with Crippen molar-refractivity contribution in [1.82, 2.24) is 9.55 Å². The maximum absolute atomic E-state index is 13.2. The number of hydrogen-bond acceptors (Lipinski definition) is 3. The fourth-order valence-electron chi connectivity index (χ4n) is 3.90. The maximum Gasteiger partial charge on any atom is 0.263 e. The predicted octanol–water partition coefficient (Wildman–Crippen LogP) is 2.71. The van der Waals surface area contributed by atoms with Gasteiger partial charge in [0.15, 0.2) is 4.77 Å². The average Bonchev–Trinajstić information content (AvgIpc) is 3.00. The maximum atomic E-state index is 13.2. The molecule has 0 amide bonds. The lowest BCUT2D eigenvalue weighted by atomic mass is 10.1. The molecule has 4 nitrogen and oxygen atoms in total. The van der Waals surface area contributed by atoms with E-state index < -0.39 is 0 Å². The summed E-state index contributed by atoms with van der Waals surface area (Å²) in [7, 11) is 0. The highest BCUT2D eigenvalue weighted by Gasteiger charge is 2.25. The third-order valence-electron chi connectivity index (χ3n) is 5.22. The van der Waals surface area contributed by atoms with Crippen LogP contribution in [0.2, 0.25) is 0 Å². The van der Waals surface area contributed by atoms with Gasteiger partial charge in [0.1, 0.15) is 11.4 Å². The summed E-state index contributed by atoms with van der Waals surface area (Å²) >= 11 is 7.22. The van der Waals surface area contributed by atoms with Crippen LogP contribution >= 0.6 is 23.6 Å². The molecule has 1 unspecified atom stereocenters. The van der Waals surface area contributed by atoms with Gasteiger partial charge >= 0.3 is 0 Å². The summed E-state index contributed by atoms with van der Waals surface area (Å²) in [5, 5.41) is 0.877. The number of aromatic amines is 1. The van der Waals surface area contributed by atoms with Crippen LogP contribution in [-0.4, -0.2) is 22.6 Å². The van der Waals surface area contributed by atoms with E-state index in [1.807, 2.05) is 18.2 Å². The van der Waals surface area contributed by atoms with Gasteiger partial charge in [0.05, 0.1) is 23.4 Å². The molecule has 1 aromatic carbocycles. The smallest absolute Gasteiger partial charge is 0.263 e. The molecule has 1 aliphatic rings. The molecule has 0 saturated heterocycles. The summed E-state index contributed by atoms with van der Waals surface area (Å²) in [6, 6.07) is 10.3. The summed E-state index contributed by atoms with van der Waals surface area (Å²) in [4.78, 5) is 20.5. The summed E-state index contributed by atoms with van der Waals surface area (Å²) in [6.07, 6.45) is 3.00. The highest BCUT2D eigenvalue weighted by atomic mass is 32.1. The molecule has 0 radical (unpaired) electrons. The van der Waals surface area contributed by atoms with E-state index in [0.717, 1.165) is 36.1 Å². The fraction of sp³-hybridized carbons (Fsp3) is 0.400. The lowest BCUT2D eigenvalue weighted by molar-refractivity contribution is -0.915. The van der Waals surface area contributed by atoms with Crippen molar-refractivity contribution in [3.8, 4) is 0 Å². The number of hydrogen-bond donors (Lipinski definition) is 2. The van der Waals surface area contributed by atoms with Gasteiger partial charge in [0.25, 0.3) is 5.56 Å². The zero-order chi connectivity index (χ0) is 18.1. The first-order valence-corrected chi connectivity index (χ1v) is 10.5. The molecule has 4 rings (SSSR count). The van der Waals surface area contributed by atoms with Gasteiger partial charge < -0.3 is 9.88 Å². The van der Waals surface area contributed by atoms with Gasteiger partial charge in [-0.2, -0.15) is 0 Å². The Bertz CT molecular complexity index is 1030. The summed E-state index contributed by atoms with van der Waals surface area (Å²) in [5.41, 5.74) is 2.56. The van der Waals surface area contributed by atoms with E-state index in [-0.39, 0.29) is 5.56 Å². The lowest BCUT2D eigenvalue weighted by Crippen LogP contribution is -3.11. The largest absolute Gasteiger partial charge is 0.330 e. The van der Waals surface area contributed by atoms with Crippen molar-refractivity contribution in [3.05, 3.63) is 61.5 Å². The number of nitrogens with zero attached hydrogens (tertiary/aromatic N) is 1. The highest BCUT2D eigenvalue weighted by Crippen LogP contribution is 2.29. The van der Waals surface area contributed by atoms with Crippen LogP contribution in [0.1, 0.15) is 29.3 Å². The van der Waals surface area contributed by atoms with Crippen molar-refractivity contribution in [1.29, 1.82) is 0 Å². The number of benzene rings is 1. The second-order valence-corrected chi connectivity index (χ2v) is 8.50. The first-order valence-electron chi connectivity index (χ1n) is 9.32. The summed E-state index contributed by atoms with van der Waals surface area (Å²) in [6.45, 7) is 6.20. The molecule has 0 fully saturated rings. The first kappa shape index (κ1) is 17.6. The van der Waals surface area contributed by atoms with Crippen molar-refractivity contribution < 1.29 is 4.90 Å². The Morgan fingerprint density at radius 2 is 2.12 bits per heavy atom. The van der Waals surface area contributed by atoms with Gasteiger partial charge in [-0.25, -0.2) is 0 Å². The Balaban J connectivity index is 1.70. The molecule has 0 spiro atoms. The topological polar surface area (TPSA) is 42.2 Å². The molecule has 26 heavy (non-hydrogen) atoms. The molecule has 1 atom stereocenters. The standard InChI is InChI=1S/C20H23N3OS2/c1-2-10-22-11-9-15-16(13-22)26-18-17(15)19(24)23(20(25)21-18)12-8-14-6-4-3-5-7-14/h3-7H,2,8-13H2,1H3,(H,21,25)/p+1. The number of rotatable bonds is 5. The highest BCUT2D eigenvalue weighted by molar-refractivity contribution is 7.71. The van der Waals surface area contributed by atoms with E-state index in [4.69, 9.17) is 12.2 Å². The average molecular weight is 387 g/mol. The van der Waals surface area contributed by atoms with E-state index >= 15 is 0 Å². The Hall–Kier alpha value is -1.76. The molecular weight excluding hydrogens is 362 g/mol. The predicted molar refractivity (Wildman–Crippen MR) is 110 cm³/mol. The third-order valence-corrected chi connectivity index (χ3v) is 6.69. The minimum atomic E-state index is 0.0797. The zero-order valence-corrected chi connectivity index (χ0v) is 16.6. The molecule has 3 heterocycles. The number of quaternary nitrogens is 1.